The van der Waals surface area contributed by atoms with Crippen molar-refractivity contribution in [1.82, 2.24) is 20.0 Å². The normalized spacial score (nSPS) is 16.5. The summed E-state index contributed by atoms with van der Waals surface area (Å²) in [5, 5.41) is 13.8. The first-order chi connectivity index (χ1) is 11.6. The molecule has 1 amide bonds. The third-order valence-corrected chi connectivity index (χ3v) is 4.19. The highest BCUT2D eigenvalue weighted by atomic mass is 16.1. The highest BCUT2D eigenvalue weighted by Crippen LogP contribution is 2.39. The molecule has 1 unspecified atom stereocenters. The zero-order chi connectivity index (χ0) is 16.7. The van der Waals surface area contributed by atoms with Crippen molar-refractivity contribution in [3.63, 3.8) is 0 Å². The summed E-state index contributed by atoms with van der Waals surface area (Å²) in [5.41, 5.74) is 2.59. The minimum atomic E-state index is -0.289. The Morgan fingerprint density at radius 2 is 1.92 bits per heavy atom. The molecule has 1 aliphatic heterocycles. The van der Waals surface area contributed by atoms with Crippen LogP contribution in [0.3, 0.4) is 0 Å². The van der Waals surface area contributed by atoms with Crippen molar-refractivity contribution in [2.75, 3.05) is 5.32 Å². The molecule has 2 aromatic heterocycles. The van der Waals surface area contributed by atoms with E-state index in [2.05, 4.69) is 20.6 Å². The van der Waals surface area contributed by atoms with Crippen LogP contribution in [-0.4, -0.2) is 25.9 Å². The molecule has 3 heterocycles. The van der Waals surface area contributed by atoms with Crippen molar-refractivity contribution in [2.24, 2.45) is 0 Å². The van der Waals surface area contributed by atoms with Gasteiger partial charge in [-0.3, -0.25) is 9.59 Å². The summed E-state index contributed by atoms with van der Waals surface area (Å²) in [6, 6.07) is 12.9. The molecule has 1 aromatic carbocycles. The standard InChI is InChI=1S/C17H15N5O2/c1-10-16-12(11-5-3-2-4-6-11)9-15(24)18-17(16)22(21-10)13-7-8-14(23)20-19-13/h2-8,12H,9H2,1H3,(H,18,24)(H,20,23). The summed E-state index contributed by atoms with van der Waals surface area (Å²) in [4.78, 5) is 23.4. The van der Waals surface area contributed by atoms with Crippen LogP contribution in [0.1, 0.15) is 29.2 Å². The molecule has 0 saturated carbocycles. The van der Waals surface area contributed by atoms with E-state index >= 15 is 0 Å². The number of benzene rings is 1. The lowest BCUT2D eigenvalue weighted by molar-refractivity contribution is -0.116. The van der Waals surface area contributed by atoms with Crippen molar-refractivity contribution in [3.8, 4) is 5.82 Å². The minimum absolute atomic E-state index is 0.0496. The SMILES string of the molecule is Cc1nn(-c2ccc(=O)[nH]n2)c2c1C(c1ccccc1)CC(=O)N2. The van der Waals surface area contributed by atoms with Crippen molar-refractivity contribution in [2.45, 2.75) is 19.3 Å². The smallest absolute Gasteiger partial charge is 0.264 e. The van der Waals surface area contributed by atoms with E-state index in [4.69, 9.17) is 0 Å². The number of anilines is 1. The summed E-state index contributed by atoms with van der Waals surface area (Å²) in [7, 11) is 0. The van der Waals surface area contributed by atoms with Crippen LogP contribution in [0.5, 0.6) is 0 Å². The Balaban J connectivity index is 1.89. The number of carbonyl (C=O) groups excluding carboxylic acids is 1. The number of fused-ring (bicyclic) bond motifs is 1. The number of nitrogens with zero attached hydrogens (tertiary/aromatic N) is 3. The second-order valence-corrected chi connectivity index (χ2v) is 5.75. The maximum atomic E-state index is 12.2. The van der Waals surface area contributed by atoms with Gasteiger partial charge in [0.05, 0.1) is 5.69 Å². The highest BCUT2D eigenvalue weighted by Gasteiger charge is 2.32. The Bertz CT molecular complexity index is 954. The van der Waals surface area contributed by atoms with Crippen LogP contribution in [-0.2, 0) is 4.79 Å². The molecule has 2 N–H and O–H groups in total. The predicted molar refractivity (Wildman–Crippen MR) is 88.2 cm³/mol. The first kappa shape index (κ1) is 14.4. The van der Waals surface area contributed by atoms with E-state index in [1.54, 1.807) is 10.7 Å². The zero-order valence-electron chi connectivity index (χ0n) is 13.0. The Labute approximate surface area is 137 Å². The van der Waals surface area contributed by atoms with Gasteiger partial charge in [-0.2, -0.15) is 14.9 Å². The van der Waals surface area contributed by atoms with Gasteiger partial charge in [0.15, 0.2) is 5.82 Å². The second kappa shape index (κ2) is 5.45. The first-order valence-corrected chi connectivity index (χ1v) is 7.64. The third kappa shape index (κ3) is 2.30. The van der Waals surface area contributed by atoms with Gasteiger partial charge in [-0.1, -0.05) is 30.3 Å². The van der Waals surface area contributed by atoms with E-state index in [-0.39, 0.29) is 17.4 Å². The minimum Gasteiger partial charge on any atom is -0.310 e. The second-order valence-electron chi connectivity index (χ2n) is 5.75. The molecule has 120 valence electrons. The van der Waals surface area contributed by atoms with Crippen molar-refractivity contribution < 1.29 is 4.79 Å². The monoisotopic (exact) mass is 321 g/mol. The molecule has 7 nitrogen and oxygen atoms in total. The Morgan fingerprint density at radius 1 is 1.12 bits per heavy atom. The molecule has 4 rings (SSSR count). The summed E-state index contributed by atoms with van der Waals surface area (Å²) >= 11 is 0. The Hall–Kier alpha value is -3.22. The fraction of sp³-hybridized carbons (Fsp3) is 0.176. The molecule has 3 aromatic rings. The number of hydrogen-bond donors (Lipinski definition) is 2. The van der Waals surface area contributed by atoms with Gasteiger partial charge in [-0.05, 0) is 18.6 Å². The molecule has 0 saturated heterocycles. The molecule has 1 aliphatic rings. The molecule has 0 fully saturated rings. The fourth-order valence-electron chi connectivity index (χ4n) is 3.14. The number of H-pyrrole nitrogens is 1. The molecule has 0 bridgehead atoms. The molecule has 0 spiro atoms. The summed E-state index contributed by atoms with van der Waals surface area (Å²) < 4.78 is 1.56. The van der Waals surface area contributed by atoms with Crippen molar-refractivity contribution in [1.29, 1.82) is 0 Å². The highest BCUT2D eigenvalue weighted by molar-refractivity contribution is 5.95. The van der Waals surface area contributed by atoms with Gasteiger partial charge in [0.25, 0.3) is 5.56 Å². The largest absolute Gasteiger partial charge is 0.310 e. The van der Waals surface area contributed by atoms with Crippen LogP contribution in [0, 0.1) is 6.92 Å². The number of nitrogens with one attached hydrogen (secondary N) is 2. The van der Waals surface area contributed by atoms with E-state index < -0.39 is 0 Å². The molecular formula is C17H15N5O2. The fourth-order valence-corrected chi connectivity index (χ4v) is 3.14. The number of carbonyl (C=O) groups is 1. The molecule has 24 heavy (non-hydrogen) atoms. The summed E-state index contributed by atoms with van der Waals surface area (Å²) in [6.07, 6.45) is 0.378. The van der Waals surface area contributed by atoms with Gasteiger partial charge in [0.2, 0.25) is 5.91 Å². The van der Waals surface area contributed by atoms with E-state index in [0.717, 1.165) is 16.8 Å². The Kier molecular flexibility index (Phi) is 3.26. The zero-order valence-corrected chi connectivity index (χ0v) is 13.0. The summed E-state index contributed by atoms with van der Waals surface area (Å²) in [5.74, 6) is 0.943. The van der Waals surface area contributed by atoms with Crippen LogP contribution in [0.4, 0.5) is 5.82 Å². The number of rotatable bonds is 2. The number of aryl methyl sites for hydroxylation is 1. The lowest BCUT2D eigenvalue weighted by Gasteiger charge is -2.24. The van der Waals surface area contributed by atoms with Crippen molar-refractivity contribution >= 4 is 11.7 Å². The van der Waals surface area contributed by atoms with Gasteiger partial charge in [0.1, 0.15) is 5.82 Å². The average Bonchev–Trinajstić information content (AvgIpc) is 2.92. The van der Waals surface area contributed by atoms with Gasteiger partial charge in [0, 0.05) is 24.0 Å². The van der Waals surface area contributed by atoms with Crippen molar-refractivity contribution in [3.05, 3.63) is 69.6 Å². The number of hydrogen-bond acceptors (Lipinski definition) is 4. The first-order valence-electron chi connectivity index (χ1n) is 7.64. The van der Waals surface area contributed by atoms with E-state index in [0.29, 0.717) is 18.1 Å². The Morgan fingerprint density at radius 3 is 2.62 bits per heavy atom. The molecule has 1 atom stereocenters. The molecule has 7 heteroatoms. The lowest BCUT2D eigenvalue weighted by atomic mass is 9.86. The quantitative estimate of drug-likeness (QED) is 0.752. The molecular weight excluding hydrogens is 306 g/mol. The number of amides is 1. The average molecular weight is 321 g/mol. The molecule has 0 radical (unpaired) electrons. The van der Waals surface area contributed by atoms with E-state index in [1.165, 1.54) is 6.07 Å². The maximum absolute atomic E-state index is 12.2. The van der Waals surface area contributed by atoms with Gasteiger partial charge >= 0.3 is 0 Å². The van der Waals surface area contributed by atoms with Crippen LogP contribution in [0.15, 0.2) is 47.3 Å². The molecule has 0 aliphatic carbocycles. The topological polar surface area (TPSA) is 92.7 Å². The number of aromatic amines is 1. The van der Waals surface area contributed by atoms with E-state index in [9.17, 15) is 9.59 Å². The summed E-state index contributed by atoms with van der Waals surface area (Å²) in [6.45, 7) is 1.91. The van der Waals surface area contributed by atoms with Crippen LogP contribution >= 0.6 is 0 Å². The van der Waals surface area contributed by atoms with E-state index in [1.807, 2.05) is 37.3 Å². The number of aromatic nitrogens is 4. The van der Waals surface area contributed by atoms with Crippen LogP contribution < -0.4 is 10.9 Å². The van der Waals surface area contributed by atoms with Gasteiger partial charge in [-0.15, -0.1) is 0 Å². The predicted octanol–water partition coefficient (Wildman–Crippen LogP) is 1.74. The lowest BCUT2D eigenvalue weighted by Crippen LogP contribution is -2.25. The van der Waals surface area contributed by atoms with Gasteiger partial charge < -0.3 is 5.32 Å². The maximum Gasteiger partial charge on any atom is 0.264 e. The van der Waals surface area contributed by atoms with Crippen LogP contribution in [0.25, 0.3) is 5.82 Å². The van der Waals surface area contributed by atoms with Crippen LogP contribution in [0.2, 0.25) is 0 Å². The van der Waals surface area contributed by atoms with Gasteiger partial charge in [-0.25, -0.2) is 5.10 Å². The third-order valence-electron chi connectivity index (χ3n) is 4.19.